The van der Waals surface area contributed by atoms with Gasteiger partial charge in [0.05, 0.1) is 27.9 Å². The number of piperazine rings is 6. The number of ether oxygens (including phenoxy) is 3. The molecule has 0 radical (unpaired) electrons. The van der Waals surface area contributed by atoms with E-state index >= 15 is 0 Å². The van der Waals surface area contributed by atoms with E-state index in [4.69, 9.17) is 14.2 Å². The number of anilines is 1. The van der Waals surface area contributed by atoms with Crippen LogP contribution in [0.5, 0.6) is 17.6 Å². The van der Waals surface area contributed by atoms with Crippen molar-refractivity contribution in [3.05, 3.63) is 154 Å². The van der Waals surface area contributed by atoms with Gasteiger partial charge in [0.25, 0.3) is 0 Å². The van der Waals surface area contributed by atoms with E-state index in [0.29, 0.717) is 55.1 Å². The molecule has 27 heteroatoms. The molecule has 6 aliphatic heterocycles. The molecule has 0 aliphatic carbocycles. The van der Waals surface area contributed by atoms with Crippen LogP contribution in [0, 0.1) is 12.7 Å². The number of rotatable bonds is 22. The minimum atomic E-state index is -4.36. The van der Waals surface area contributed by atoms with Crippen molar-refractivity contribution < 1.29 is 36.6 Å². The molecule has 0 unspecified atom stereocenters. The fraction of sp³-hybridized carbons (Fsp3) is 0.652. The molecule has 6 aromatic heterocycles. The first-order chi connectivity index (χ1) is 55.1. The maximum Gasteiger partial charge on any atom is 0.433 e. The highest BCUT2D eigenvalue weighted by Crippen LogP contribution is 2.28. The van der Waals surface area contributed by atoms with E-state index in [1.165, 1.54) is 100 Å². The van der Waals surface area contributed by atoms with E-state index in [-0.39, 0.29) is 29.1 Å². The first-order valence-corrected chi connectivity index (χ1v) is 42.2. The van der Waals surface area contributed by atoms with Gasteiger partial charge >= 0.3 is 6.18 Å². The van der Waals surface area contributed by atoms with Crippen LogP contribution in [0.15, 0.2) is 97.7 Å². The van der Waals surface area contributed by atoms with Gasteiger partial charge in [-0.05, 0) is 148 Å². The Bertz CT molecular complexity index is 3650. The minimum Gasteiger partial charge on any atom is -0.481 e. The van der Waals surface area contributed by atoms with Crippen LogP contribution in [-0.4, -0.2) is 317 Å². The number of alkyl halides is 3. The average Bonchev–Trinajstić information content (AvgIpc) is 0.862. The third-order valence-corrected chi connectivity index (χ3v) is 22.5. The number of nitrogens with zero attached hydrogens (tertiary/aromatic N) is 19. The average molecular weight is 1620 g/mol. The van der Waals surface area contributed by atoms with Crippen LogP contribution in [-0.2, 0) is 55.7 Å². The normalized spacial score (nSPS) is 18.1. The van der Waals surface area contributed by atoms with Crippen molar-refractivity contribution in [3.8, 4) is 17.6 Å². The zero-order chi connectivity index (χ0) is 84.8. The van der Waals surface area contributed by atoms with E-state index in [1.807, 2.05) is 48.3 Å². The van der Waals surface area contributed by atoms with Crippen molar-refractivity contribution in [1.29, 1.82) is 0 Å². The van der Waals surface area contributed by atoms with Crippen molar-refractivity contribution in [1.82, 2.24) is 88.7 Å². The van der Waals surface area contributed by atoms with Gasteiger partial charge < -0.3 is 24.0 Å². The molecular formula is C89H143F4N19O4. The molecule has 0 bridgehead atoms. The van der Waals surface area contributed by atoms with Crippen molar-refractivity contribution in [2.24, 2.45) is 0 Å². The van der Waals surface area contributed by atoms with E-state index in [9.17, 15) is 22.4 Å². The predicted molar refractivity (Wildman–Crippen MR) is 460 cm³/mol. The largest absolute Gasteiger partial charge is 0.481 e. The smallest absolute Gasteiger partial charge is 0.433 e. The Hall–Kier alpha value is -7.15. The van der Waals surface area contributed by atoms with Crippen LogP contribution in [0.25, 0.3) is 0 Å². The molecule has 12 heterocycles. The summed E-state index contributed by atoms with van der Waals surface area (Å²) >= 11 is 0. The molecule has 0 N–H and O–H groups in total. The molecule has 6 aromatic rings. The van der Waals surface area contributed by atoms with Gasteiger partial charge in [0.15, 0.2) is 5.82 Å². The van der Waals surface area contributed by atoms with E-state index < -0.39 is 11.9 Å². The number of carbonyl (C=O) groups excluding carboxylic acids is 1. The minimum absolute atomic E-state index is 0.0633. The number of halogens is 4. The lowest BCUT2D eigenvalue weighted by Crippen LogP contribution is -2.52. The number of amides is 1. The van der Waals surface area contributed by atoms with Crippen LogP contribution in [0.2, 0.25) is 0 Å². The van der Waals surface area contributed by atoms with Gasteiger partial charge in [-0.25, -0.2) is 24.3 Å². The molecule has 0 saturated carbocycles. The summed E-state index contributed by atoms with van der Waals surface area (Å²) in [4.78, 5) is 67.9. The lowest BCUT2D eigenvalue weighted by molar-refractivity contribution is -0.141. The fourth-order valence-electron chi connectivity index (χ4n) is 14.7. The summed E-state index contributed by atoms with van der Waals surface area (Å²) < 4.78 is 65.8. The monoisotopic (exact) mass is 1620 g/mol. The van der Waals surface area contributed by atoms with E-state index in [2.05, 4.69) is 231 Å². The third kappa shape index (κ3) is 32.5. The molecular weight excluding hydrogens is 1480 g/mol. The van der Waals surface area contributed by atoms with E-state index in [0.717, 1.165) is 159 Å². The van der Waals surface area contributed by atoms with Crippen LogP contribution < -0.4 is 19.1 Å². The Morgan fingerprint density at radius 1 is 0.397 bits per heavy atom. The first-order valence-electron chi connectivity index (χ1n) is 42.2. The molecule has 0 aromatic carbocycles. The number of aryl methyl sites for hydroxylation is 1. The van der Waals surface area contributed by atoms with Crippen LogP contribution in [0.4, 0.5) is 23.4 Å². The Labute approximate surface area is 694 Å². The highest BCUT2D eigenvalue weighted by Gasteiger charge is 2.33. The van der Waals surface area contributed by atoms with Gasteiger partial charge in [0.2, 0.25) is 23.5 Å². The van der Waals surface area contributed by atoms with Crippen LogP contribution >= 0.6 is 0 Å². The molecule has 0 atom stereocenters. The van der Waals surface area contributed by atoms with Gasteiger partial charge in [-0.3, -0.25) is 68.7 Å². The summed E-state index contributed by atoms with van der Waals surface area (Å²) in [6.07, 6.45) is 4.52. The van der Waals surface area contributed by atoms with Gasteiger partial charge in [-0.15, -0.1) is 0 Å². The predicted octanol–water partition coefficient (Wildman–Crippen LogP) is 12.0. The number of hydrogen-bond donors (Lipinski definition) is 0. The van der Waals surface area contributed by atoms with Crippen LogP contribution in [0.1, 0.15) is 154 Å². The molecule has 23 nitrogen and oxygen atoms in total. The van der Waals surface area contributed by atoms with Crippen molar-refractivity contribution >= 4 is 11.7 Å². The summed E-state index contributed by atoms with van der Waals surface area (Å²) in [6.45, 7) is 64.8. The highest BCUT2D eigenvalue weighted by molar-refractivity contribution is 5.79. The van der Waals surface area contributed by atoms with Gasteiger partial charge in [0.1, 0.15) is 11.5 Å². The molecule has 6 saturated heterocycles. The van der Waals surface area contributed by atoms with Crippen molar-refractivity contribution in [2.45, 2.75) is 198 Å². The summed E-state index contributed by atoms with van der Waals surface area (Å²) in [6, 6.07) is 24.2. The summed E-state index contributed by atoms with van der Waals surface area (Å²) in [5, 5.41) is 0. The Kier molecular flexibility index (Phi) is 39.4. The third-order valence-electron chi connectivity index (χ3n) is 22.5. The fourth-order valence-corrected chi connectivity index (χ4v) is 14.7. The van der Waals surface area contributed by atoms with Crippen molar-refractivity contribution in [2.75, 3.05) is 191 Å². The molecule has 646 valence electrons. The molecule has 12 rings (SSSR count). The van der Waals surface area contributed by atoms with E-state index in [1.54, 1.807) is 26.6 Å². The topological polar surface area (TPSA) is 164 Å². The number of aromatic nitrogens is 6. The second-order valence-electron chi connectivity index (χ2n) is 34.3. The summed E-state index contributed by atoms with van der Waals surface area (Å²) in [5.41, 5.74) is 8.33. The lowest BCUT2D eigenvalue weighted by atomic mass is 9.91. The van der Waals surface area contributed by atoms with Crippen molar-refractivity contribution in [3.63, 3.8) is 0 Å². The number of carbonyl (C=O) groups is 1. The Balaban J connectivity index is 0.000000192. The standard InChI is InChI=1S/C17H29N3.C15H26N4.C15H25N3O.C14H20F3N3.C14H22FN3O.C14H21N3O2/c1-14(2)20-10-8-19(9-11-20)13-15-6-7-16(18-12-15)17(3,4)5;1-13(2)19-9-7-18(8-10-19)12-14-5-6-15(16-11-14)17(3)4;1-12(2)18-9-7-17(8-10-18)11-14-5-6-15(19-4)16-13(14)3;1-11(2)20-7-5-19(6-8-20)10-12-3-4-13(18-9-12)14(15,16)17;1-11(2)18-6-4-17(5-7-18)10-12-8-13(15)14(19-3)16-9-12;1-11(2)17-7-6-16(10-14(17)18)9-12-4-5-13(19-3)15-8-12/h6-7,12,14H,8-11,13H2,1-5H3;5-6,11,13H,7-10,12H2,1-4H3;5-6,12H,7-11H2,1-4H3;3-4,9,11H,5-8,10H2,1-2H3;8-9,11H,4-7,10H2,1-3H3;4-5,8,11H,6-7,9-10H2,1-3H3. The lowest BCUT2D eigenvalue weighted by Gasteiger charge is -2.37. The second-order valence-corrected chi connectivity index (χ2v) is 34.3. The molecule has 1 amide bonds. The van der Waals surface area contributed by atoms with Gasteiger partial charge in [-0.1, -0.05) is 51.1 Å². The Morgan fingerprint density at radius 3 is 1.06 bits per heavy atom. The number of hydrogen-bond acceptors (Lipinski definition) is 22. The SMILES string of the molecule is CC(C)N1CCN(Cc2ccc(C(C)(C)C)nc2)CC1.CC(C)N1CCN(Cc2ccc(C(F)(F)F)nc2)CC1.CC(C)N1CCN(Cc2ccc(N(C)C)nc2)CC1.COc1ccc(CN2CCN(C(C)C)C(=O)C2)cn1.COc1ccc(CN2CCN(C(C)C)CC2)c(C)n1.COc1ncc(CN2CCN(C(C)C)CC2)cc1F. The zero-order valence-electron chi connectivity index (χ0n) is 74.3. The number of pyridine rings is 6. The summed E-state index contributed by atoms with van der Waals surface area (Å²) in [7, 11) is 8.73. The van der Waals surface area contributed by atoms with Gasteiger partial charge in [0, 0.05) is 294 Å². The maximum absolute atomic E-state index is 13.6. The van der Waals surface area contributed by atoms with Crippen LogP contribution in [0.3, 0.4) is 0 Å². The molecule has 6 fully saturated rings. The first kappa shape index (κ1) is 96.0. The quantitative estimate of drug-likeness (QED) is 0.0589. The second kappa shape index (κ2) is 47.6. The molecule has 6 aliphatic rings. The molecule has 0 spiro atoms. The zero-order valence-corrected chi connectivity index (χ0v) is 74.3. The number of methoxy groups -OCH3 is 3. The summed E-state index contributed by atoms with van der Waals surface area (Å²) in [5.74, 6) is 2.22. The Morgan fingerprint density at radius 2 is 0.750 bits per heavy atom. The highest BCUT2D eigenvalue weighted by atomic mass is 19.4. The van der Waals surface area contributed by atoms with Gasteiger partial charge in [-0.2, -0.15) is 13.2 Å². The molecule has 116 heavy (non-hydrogen) atoms. The maximum atomic E-state index is 13.6.